The fourth-order valence-corrected chi connectivity index (χ4v) is 3.72. The highest BCUT2D eigenvalue weighted by Gasteiger charge is 2.33. The number of imidazole rings is 1. The highest BCUT2D eigenvalue weighted by atomic mass is 32.2. The molecule has 0 saturated carbocycles. The molecule has 1 aromatic carbocycles. The molecule has 10 heteroatoms. The van der Waals surface area contributed by atoms with Gasteiger partial charge in [-0.25, -0.2) is 18.5 Å². The summed E-state index contributed by atoms with van der Waals surface area (Å²) < 4.78 is 60.9. The average molecular weight is 347 g/mol. The van der Waals surface area contributed by atoms with Crippen LogP contribution in [0.2, 0.25) is 0 Å². The first-order valence-electron chi connectivity index (χ1n) is 5.84. The van der Waals surface area contributed by atoms with Gasteiger partial charge < -0.3 is 4.98 Å². The van der Waals surface area contributed by atoms with Crippen LogP contribution in [0.5, 0.6) is 0 Å². The fraction of sp³-hybridized carbons (Fsp3) is 0.0833. The van der Waals surface area contributed by atoms with Gasteiger partial charge in [-0.3, -0.25) is 0 Å². The third-order valence-electron chi connectivity index (χ3n) is 2.92. The maximum atomic E-state index is 12.5. The third kappa shape index (κ3) is 2.72. The van der Waals surface area contributed by atoms with Crippen molar-refractivity contribution in [3.63, 3.8) is 0 Å². The van der Waals surface area contributed by atoms with Crippen molar-refractivity contribution in [1.29, 1.82) is 0 Å². The van der Waals surface area contributed by atoms with Crippen LogP contribution >= 0.6 is 11.3 Å². The van der Waals surface area contributed by atoms with E-state index >= 15 is 0 Å². The van der Waals surface area contributed by atoms with Gasteiger partial charge in [0, 0.05) is 16.5 Å². The van der Waals surface area contributed by atoms with Gasteiger partial charge in [-0.1, -0.05) is 0 Å². The van der Waals surface area contributed by atoms with Crippen LogP contribution in [0.15, 0.2) is 34.7 Å². The molecule has 0 spiro atoms. The zero-order valence-electron chi connectivity index (χ0n) is 10.7. The molecule has 2 aromatic heterocycles. The van der Waals surface area contributed by atoms with Crippen LogP contribution in [-0.2, 0) is 16.2 Å². The molecule has 22 heavy (non-hydrogen) atoms. The van der Waals surface area contributed by atoms with E-state index in [-0.39, 0.29) is 10.0 Å². The molecular weight excluding hydrogens is 339 g/mol. The summed E-state index contributed by atoms with van der Waals surface area (Å²) in [5, 5.41) is 5.63. The number of hydrogen-bond donors (Lipinski definition) is 2. The molecule has 0 aliphatic carbocycles. The number of nitrogens with one attached hydrogen (secondary N) is 1. The summed E-state index contributed by atoms with van der Waals surface area (Å²) in [6.07, 6.45) is -3.75. The van der Waals surface area contributed by atoms with Crippen LogP contribution in [0.4, 0.5) is 13.2 Å². The maximum absolute atomic E-state index is 12.5. The lowest BCUT2D eigenvalue weighted by molar-refractivity contribution is -0.140. The number of hydrogen-bond acceptors (Lipinski definition) is 4. The molecule has 0 saturated heterocycles. The van der Waals surface area contributed by atoms with Crippen LogP contribution in [-0.4, -0.2) is 18.4 Å². The number of fused-ring (bicyclic) bond motifs is 1. The average Bonchev–Trinajstić information content (AvgIpc) is 3.03. The molecule has 5 nitrogen and oxygen atoms in total. The van der Waals surface area contributed by atoms with E-state index in [9.17, 15) is 21.6 Å². The van der Waals surface area contributed by atoms with Crippen molar-refractivity contribution in [3.05, 3.63) is 36.2 Å². The molecule has 0 fully saturated rings. The van der Waals surface area contributed by atoms with Gasteiger partial charge in [0.05, 0.1) is 0 Å². The normalized spacial score (nSPS) is 12.9. The van der Waals surface area contributed by atoms with E-state index < -0.39 is 21.9 Å². The van der Waals surface area contributed by atoms with E-state index in [4.69, 9.17) is 5.14 Å². The molecule has 116 valence electrons. The van der Waals surface area contributed by atoms with Gasteiger partial charge in [0.15, 0.2) is 5.69 Å². The van der Waals surface area contributed by atoms with Crippen LogP contribution in [0.3, 0.4) is 0 Å². The standard InChI is InChI=1S/C12H8F3N3O2S2/c13-12(14,15)9-5-17-11(18-9)6-1-2-8-7(3-6)4-10(21-8)22(16,19)20/h1-5H,(H,17,18)(H2,16,19,20). The summed E-state index contributed by atoms with van der Waals surface area (Å²) in [5.74, 6) is 0.0533. The lowest BCUT2D eigenvalue weighted by Crippen LogP contribution is -2.09. The van der Waals surface area contributed by atoms with Crippen LogP contribution in [0.25, 0.3) is 21.5 Å². The highest BCUT2D eigenvalue weighted by Crippen LogP contribution is 2.33. The van der Waals surface area contributed by atoms with Crippen LogP contribution in [0, 0.1) is 0 Å². The van der Waals surface area contributed by atoms with E-state index in [1.54, 1.807) is 18.2 Å². The summed E-state index contributed by atoms with van der Waals surface area (Å²) in [4.78, 5) is 5.95. The molecule has 3 rings (SSSR count). The smallest absolute Gasteiger partial charge is 0.344 e. The summed E-state index contributed by atoms with van der Waals surface area (Å²) >= 11 is 0.994. The SMILES string of the molecule is NS(=O)(=O)c1cc2cc(-c3nc(C(F)(F)F)c[nH]3)ccc2s1. The van der Waals surface area contributed by atoms with Gasteiger partial charge in [0.1, 0.15) is 10.0 Å². The Morgan fingerprint density at radius 3 is 2.55 bits per heavy atom. The summed E-state index contributed by atoms with van der Waals surface area (Å²) in [6.45, 7) is 0. The first kappa shape index (κ1) is 15.0. The van der Waals surface area contributed by atoms with Crippen molar-refractivity contribution in [1.82, 2.24) is 9.97 Å². The van der Waals surface area contributed by atoms with Gasteiger partial charge in [-0.05, 0) is 29.7 Å². The van der Waals surface area contributed by atoms with Crippen molar-refractivity contribution < 1.29 is 21.6 Å². The molecule has 0 amide bonds. The van der Waals surface area contributed by atoms with Crippen LogP contribution < -0.4 is 5.14 Å². The number of aromatic nitrogens is 2. The first-order valence-corrected chi connectivity index (χ1v) is 8.20. The van der Waals surface area contributed by atoms with Gasteiger partial charge >= 0.3 is 6.18 Å². The zero-order valence-corrected chi connectivity index (χ0v) is 12.3. The molecule has 3 N–H and O–H groups in total. The van der Waals surface area contributed by atoms with Crippen molar-refractivity contribution >= 4 is 31.4 Å². The number of nitrogens with two attached hydrogens (primary N) is 1. The maximum Gasteiger partial charge on any atom is 0.434 e. The molecule has 0 bridgehead atoms. The molecule has 3 aromatic rings. The summed E-state index contributed by atoms with van der Waals surface area (Å²) in [6, 6.07) is 6.11. The number of benzene rings is 1. The van der Waals surface area contributed by atoms with Crippen LogP contribution in [0.1, 0.15) is 5.69 Å². The Kier molecular flexibility index (Phi) is 3.27. The molecule has 0 aliphatic rings. The Morgan fingerprint density at radius 2 is 1.95 bits per heavy atom. The van der Waals surface area contributed by atoms with E-state index in [2.05, 4.69) is 9.97 Å². The summed E-state index contributed by atoms with van der Waals surface area (Å²) in [7, 11) is -3.81. The van der Waals surface area contributed by atoms with Crippen molar-refractivity contribution in [2.45, 2.75) is 10.4 Å². The second-order valence-corrected chi connectivity index (χ2v) is 7.37. The number of aromatic amines is 1. The fourth-order valence-electron chi connectivity index (χ4n) is 1.92. The van der Waals surface area contributed by atoms with Gasteiger partial charge in [0.25, 0.3) is 0 Å². The van der Waals surface area contributed by atoms with E-state index in [1.165, 1.54) is 6.07 Å². The second kappa shape index (κ2) is 4.80. The monoisotopic (exact) mass is 347 g/mol. The largest absolute Gasteiger partial charge is 0.434 e. The Morgan fingerprint density at radius 1 is 1.23 bits per heavy atom. The first-order chi connectivity index (χ1) is 10.1. The Labute approximate surface area is 126 Å². The quantitative estimate of drug-likeness (QED) is 0.747. The topological polar surface area (TPSA) is 88.8 Å². The minimum absolute atomic E-state index is 0.00456. The third-order valence-corrected chi connectivity index (χ3v) is 5.45. The number of primary sulfonamides is 1. The Hall–Kier alpha value is -1.91. The van der Waals surface area contributed by atoms with E-state index in [1.807, 2.05) is 0 Å². The van der Waals surface area contributed by atoms with E-state index in [0.29, 0.717) is 15.6 Å². The number of thiophene rings is 1. The van der Waals surface area contributed by atoms with Crippen molar-refractivity contribution in [3.8, 4) is 11.4 Å². The predicted molar refractivity (Wildman–Crippen MR) is 75.8 cm³/mol. The molecule has 0 radical (unpaired) electrons. The number of rotatable bonds is 2. The molecular formula is C12H8F3N3O2S2. The second-order valence-electron chi connectivity index (χ2n) is 4.50. The van der Waals surface area contributed by atoms with Gasteiger partial charge in [-0.15, -0.1) is 11.3 Å². The Bertz CT molecular complexity index is 958. The minimum atomic E-state index is -4.53. The molecule has 0 unspecified atom stereocenters. The summed E-state index contributed by atoms with van der Waals surface area (Å²) in [5.41, 5.74) is -0.597. The number of H-pyrrole nitrogens is 1. The number of alkyl halides is 3. The van der Waals surface area contributed by atoms with Gasteiger partial charge in [0.2, 0.25) is 10.0 Å². The highest BCUT2D eigenvalue weighted by molar-refractivity contribution is 7.91. The van der Waals surface area contributed by atoms with Crippen molar-refractivity contribution in [2.24, 2.45) is 5.14 Å². The van der Waals surface area contributed by atoms with E-state index in [0.717, 1.165) is 17.5 Å². The Balaban J connectivity index is 2.07. The number of halogens is 3. The minimum Gasteiger partial charge on any atom is -0.344 e. The lowest BCUT2D eigenvalue weighted by atomic mass is 10.1. The van der Waals surface area contributed by atoms with Gasteiger partial charge in [-0.2, -0.15) is 13.2 Å². The molecule has 2 heterocycles. The zero-order chi connectivity index (χ0) is 16.1. The number of nitrogens with zero attached hydrogens (tertiary/aromatic N) is 1. The lowest BCUT2D eigenvalue weighted by Gasteiger charge is -2.00. The van der Waals surface area contributed by atoms with Crippen molar-refractivity contribution in [2.75, 3.05) is 0 Å². The molecule has 0 atom stereocenters. The number of sulfonamides is 1. The molecule has 0 aliphatic heterocycles. The predicted octanol–water partition coefficient (Wildman–Crippen LogP) is 2.96.